The van der Waals surface area contributed by atoms with Crippen LogP contribution in [0.15, 0.2) is 5.18 Å². The standard InChI is InChI=1S/C8H15NO2/c1-7-2-3-8(6-7)11-5-4-9-10/h7-8H,2-6H2,1H3/t7?,8-/m1/s1. The van der Waals surface area contributed by atoms with Gasteiger partial charge in [-0.25, -0.2) is 0 Å². The molecule has 1 saturated carbocycles. The van der Waals surface area contributed by atoms with E-state index < -0.39 is 0 Å². The first-order valence-electron chi connectivity index (χ1n) is 4.23. The van der Waals surface area contributed by atoms with Crippen LogP contribution in [0.25, 0.3) is 0 Å². The lowest BCUT2D eigenvalue weighted by molar-refractivity contribution is 0.0618. The third kappa shape index (κ3) is 2.97. The molecule has 11 heavy (non-hydrogen) atoms. The highest BCUT2D eigenvalue weighted by Crippen LogP contribution is 2.26. The fourth-order valence-corrected chi connectivity index (χ4v) is 1.56. The molecular weight excluding hydrogens is 142 g/mol. The Morgan fingerprint density at radius 2 is 2.36 bits per heavy atom. The molecule has 3 nitrogen and oxygen atoms in total. The monoisotopic (exact) mass is 157 g/mol. The van der Waals surface area contributed by atoms with Crippen molar-refractivity contribution in [1.82, 2.24) is 0 Å². The quantitative estimate of drug-likeness (QED) is 0.462. The van der Waals surface area contributed by atoms with Crippen molar-refractivity contribution in [2.45, 2.75) is 32.3 Å². The zero-order valence-electron chi connectivity index (χ0n) is 6.95. The SMILES string of the molecule is CC1CC[C@@H](OCCN=O)C1. The average Bonchev–Trinajstić information content (AvgIpc) is 2.37. The molecule has 0 spiro atoms. The summed E-state index contributed by atoms with van der Waals surface area (Å²) in [5.74, 6) is 0.796. The van der Waals surface area contributed by atoms with Crippen LogP contribution in [-0.2, 0) is 4.74 Å². The molecule has 1 rings (SSSR count). The van der Waals surface area contributed by atoms with Crippen molar-refractivity contribution in [3.63, 3.8) is 0 Å². The van der Waals surface area contributed by atoms with Crippen LogP contribution >= 0.6 is 0 Å². The van der Waals surface area contributed by atoms with Gasteiger partial charge in [-0.15, -0.1) is 0 Å². The molecule has 0 saturated heterocycles. The van der Waals surface area contributed by atoms with Gasteiger partial charge in [0, 0.05) is 0 Å². The highest BCUT2D eigenvalue weighted by Gasteiger charge is 2.21. The van der Waals surface area contributed by atoms with Gasteiger partial charge >= 0.3 is 0 Å². The molecule has 0 aromatic rings. The predicted molar refractivity (Wildman–Crippen MR) is 43.4 cm³/mol. The number of nitroso groups, excluding NO2 is 1. The van der Waals surface area contributed by atoms with Gasteiger partial charge in [0.1, 0.15) is 6.54 Å². The molecule has 1 fully saturated rings. The zero-order chi connectivity index (χ0) is 8.10. The minimum absolute atomic E-state index is 0.297. The average molecular weight is 157 g/mol. The van der Waals surface area contributed by atoms with Crippen molar-refractivity contribution in [3.8, 4) is 0 Å². The topological polar surface area (TPSA) is 38.7 Å². The Morgan fingerprint density at radius 3 is 2.91 bits per heavy atom. The third-order valence-electron chi connectivity index (χ3n) is 2.18. The van der Waals surface area contributed by atoms with Gasteiger partial charge in [-0.2, -0.15) is 4.91 Å². The van der Waals surface area contributed by atoms with E-state index in [9.17, 15) is 4.91 Å². The lowest BCUT2D eigenvalue weighted by Gasteiger charge is -2.08. The van der Waals surface area contributed by atoms with Crippen molar-refractivity contribution in [3.05, 3.63) is 4.91 Å². The Balaban J connectivity index is 2.03. The van der Waals surface area contributed by atoms with Gasteiger partial charge in [-0.3, -0.25) is 0 Å². The van der Waals surface area contributed by atoms with E-state index in [0.717, 1.165) is 18.8 Å². The van der Waals surface area contributed by atoms with E-state index in [1.165, 1.54) is 6.42 Å². The van der Waals surface area contributed by atoms with Crippen LogP contribution in [0.2, 0.25) is 0 Å². The van der Waals surface area contributed by atoms with Crippen molar-refractivity contribution in [2.75, 3.05) is 13.2 Å². The molecule has 64 valence electrons. The number of ether oxygens (including phenoxy) is 1. The molecule has 0 aromatic heterocycles. The fraction of sp³-hybridized carbons (Fsp3) is 1.00. The second-order valence-electron chi connectivity index (χ2n) is 3.26. The molecule has 0 heterocycles. The molecule has 1 aliphatic rings. The first-order valence-corrected chi connectivity index (χ1v) is 4.23. The molecule has 0 N–H and O–H groups in total. The fourth-order valence-electron chi connectivity index (χ4n) is 1.56. The Kier molecular flexibility index (Phi) is 3.49. The summed E-state index contributed by atoms with van der Waals surface area (Å²) >= 11 is 0. The number of hydrogen-bond acceptors (Lipinski definition) is 3. The molecule has 2 atom stereocenters. The lowest BCUT2D eigenvalue weighted by Crippen LogP contribution is -2.10. The van der Waals surface area contributed by atoms with Gasteiger partial charge in [0.25, 0.3) is 0 Å². The molecule has 0 bridgehead atoms. The molecule has 0 amide bonds. The highest BCUT2D eigenvalue weighted by molar-refractivity contribution is 4.72. The maximum atomic E-state index is 9.71. The summed E-state index contributed by atoms with van der Waals surface area (Å²) in [6.45, 7) is 3.03. The van der Waals surface area contributed by atoms with Crippen LogP contribution in [0.1, 0.15) is 26.2 Å². The number of rotatable bonds is 4. The van der Waals surface area contributed by atoms with Gasteiger partial charge < -0.3 is 4.74 Å². The van der Waals surface area contributed by atoms with E-state index in [4.69, 9.17) is 4.74 Å². The first-order chi connectivity index (χ1) is 5.33. The van der Waals surface area contributed by atoms with Crippen molar-refractivity contribution in [2.24, 2.45) is 11.1 Å². The van der Waals surface area contributed by atoms with Crippen LogP contribution in [0.3, 0.4) is 0 Å². The van der Waals surface area contributed by atoms with E-state index in [0.29, 0.717) is 19.3 Å². The molecule has 0 aliphatic heterocycles. The van der Waals surface area contributed by atoms with Gasteiger partial charge in [-0.1, -0.05) is 12.1 Å². The van der Waals surface area contributed by atoms with E-state index >= 15 is 0 Å². The maximum Gasteiger partial charge on any atom is 0.104 e. The number of nitrogens with zero attached hydrogens (tertiary/aromatic N) is 1. The van der Waals surface area contributed by atoms with Gasteiger partial charge in [0.05, 0.1) is 12.7 Å². The summed E-state index contributed by atoms with van der Waals surface area (Å²) in [6.07, 6.45) is 3.96. The van der Waals surface area contributed by atoms with Crippen molar-refractivity contribution < 1.29 is 4.74 Å². The van der Waals surface area contributed by atoms with Gasteiger partial charge in [0.15, 0.2) is 0 Å². The molecule has 1 aliphatic carbocycles. The Morgan fingerprint density at radius 1 is 1.55 bits per heavy atom. The van der Waals surface area contributed by atoms with Gasteiger partial charge in [0.2, 0.25) is 0 Å². The lowest BCUT2D eigenvalue weighted by atomic mass is 10.1. The predicted octanol–water partition coefficient (Wildman–Crippen LogP) is 1.96. The molecular formula is C8H15NO2. The minimum atomic E-state index is 0.297. The summed E-state index contributed by atoms with van der Waals surface area (Å²) < 4.78 is 5.42. The van der Waals surface area contributed by atoms with Crippen LogP contribution in [-0.4, -0.2) is 19.3 Å². The van der Waals surface area contributed by atoms with E-state index in [-0.39, 0.29) is 0 Å². The van der Waals surface area contributed by atoms with E-state index in [1.54, 1.807) is 0 Å². The van der Waals surface area contributed by atoms with Gasteiger partial charge in [-0.05, 0) is 25.2 Å². The molecule has 0 aromatic carbocycles. The van der Waals surface area contributed by atoms with Crippen LogP contribution in [0.5, 0.6) is 0 Å². The van der Waals surface area contributed by atoms with Crippen molar-refractivity contribution >= 4 is 0 Å². The van der Waals surface area contributed by atoms with Crippen LogP contribution < -0.4 is 0 Å². The van der Waals surface area contributed by atoms with Crippen LogP contribution in [0, 0.1) is 10.8 Å². The maximum absolute atomic E-state index is 9.71. The second kappa shape index (κ2) is 4.44. The highest BCUT2D eigenvalue weighted by atomic mass is 16.5. The Hall–Kier alpha value is -0.440. The largest absolute Gasteiger partial charge is 0.376 e. The summed E-state index contributed by atoms with van der Waals surface area (Å²) in [4.78, 5) is 9.71. The third-order valence-corrected chi connectivity index (χ3v) is 2.18. The second-order valence-corrected chi connectivity index (χ2v) is 3.26. The van der Waals surface area contributed by atoms with Crippen LogP contribution in [0.4, 0.5) is 0 Å². The molecule has 3 heteroatoms. The van der Waals surface area contributed by atoms with E-state index in [2.05, 4.69) is 12.1 Å². The summed E-state index contributed by atoms with van der Waals surface area (Å²) in [5.41, 5.74) is 0. The Bertz CT molecular complexity index is 127. The number of hydrogen-bond donors (Lipinski definition) is 0. The Labute approximate surface area is 67.1 Å². The zero-order valence-corrected chi connectivity index (χ0v) is 6.95. The summed E-state index contributed by atoms with van der Waals surface area (Å²) in [7, 11) is 0. The normalized spacial score (nSPS) is 30.6. The minimum Gasteiger partial charge on any atom is -0.376 e. The van der Waals surface area contributed by atoms with E-state index in [1.807, 2.05) is 0 Å². The molecule has 0 radical (unpaired) electrons. The first kappa shape index (κ1) is 8.65. The summed E-state index contributed by atoms with van der Waals surface area (Å²) in [5, 5.41) is 2.74. The molecule has 1 unspecified atom stereocenters. The summed E-state index contributed by atoms with van der Waals surface area (Å²) in [6, 6.07) is 0. The van der Waals surface area contributed by atoms with Crippen molar-refractivity contribution in [1.29, 1.82) is 0 Å². The smallest absolute Gasteiger partial charge is 0.104 e.